The average Bonchev–Trinajstić information content (AvgIpc) is 3.10. The molecule has 0 bridgehead atoms. The van der Waals surface area contributed by atoms with Crippen LogP contribution in [0.2, 0.25) is 0 Å². The molecule has 1 aromatic heterocycles. The quantitative estimate of drug-likeness (QED) is 0.828. The number of nitrogens with zero attached hydrogens (tertiary/aromatic N) is 2. The molecule has 0 atom stereocenters. The van der Waals surface area contributed by atoms with Gasteiger partial charge in [-0.2, -0.15) is 0 Å². The predicted octanol–water partition coefficient (Wildman–Crippen LogP) is 2.06. The summed E-state index contributed by atoms with van der Waals surface area (Å²) in [6.07, 6.45) is 1.79. The lowest BCUT2D eigenvalue weighted by Gasteiger charge is -2.34. The van der Waals surface area contributed by atoms with Gasteiger partial charge in [0.25, 0.3) is 5.91 Å². The highest BCUT2D eigenvalue weighted by Crippen LogP contribution is 2.13. The monoisotopic (exact) mass is 337 g/mol. The summed E-state index contributed by atoms with van der Waals surface area (Å²) >= 11 is 1.50. The SMILES string of the molecule is CCC(CC)C(=O)NCCN1CCN(C(=O)c2cccs2)CC1. The molecule has 1 N–H and O–H groups in total. The topological polar surface area (TPSA) is 52.7 Å². The van der Waals surface area contributed by atoms with E-state index in [0.717, 1.165) is 50.4 Å². The highest BCUT2D eigenvalue weighted by molar-refractivity contribution is 7.12. The van der Waals surface area contributed by atoms with Gasteiger partial charge in [-0.3, -0.25) is 14.5 Å². The van der Waals surface area contributed by atoms with E-state index < -0.39 is 0 Å². The van der Waals surface area contributed by atoms with Crippen molar-refractivity contribution in [2.45, 2.75) is 26.7 Å². The Morgan fingerprint density at radius 3 is 2.48 bits per heavy atom. The number of nitrogens with one attached hydrogen (secondary N) is 1. The molecular weight excluding hydrogens is 310 g/mol. The molecule has 0 radical (unpaired) electrons. The lowest BCUT2D eigenvalue weighted by atomic mass is 10.0. The highest BCUT2D eigenvalue weighted by atomic mass is 32.1. The summed E-state index contributed by atoms with van der Waals surface area (Å²) in [4.78, 5) is 29.3. The van der Waals surface area contributed by atoms with Gasteiger partial charge in [0.05, 0.1) is 4.88 Å². The maximum atomic E-state index is 12.3. The summed E-state index contributed by atoms with van der Waals surface area (Å²) in [5.41, 5.74) is 0. The van der Waals surface area contributed by atoms with Gasteiger partial charge >= 0.3 is 0 Å². The van der Waals surface area contributed by atoms with Gasteiger partial charge in [-0.1, -0.05) is 19.9 Å². The van der Waals surface area contributed by atoms with Crippen molar-refractivity contribution in [2.75, 3.05) is 39.3 Å². The van der Waals surface area contributed by atoms with Crippen molar-refractivity contribution >= 4 is 23.2 Å². The second-order valence-corrected chi connectivity index (χ2v) is 6.86. The second-order valence-electron chi connectivity index (χ2n) is 5.92. The normalized spacial score (nSPS) is 15.9. The van der Waals surface area contributed by atoms with Crippen LogP contribution in [-0.4, -0.2) is 60.9 Å². The second kappa shape index (κ2) is 9.03. The van der Waals surface area contributed by atoms with Crippen molar-refractivity contribution < 1.29 is 9.59 Å². The Morgan fingerprint density at radius 1 is 1.22 bits per heavy atom. The molecule has 1 saturated heterocycles. The van der Waals surface area contributed by atoms with Gasteiger partial charge in [0.15, 0.2) is 0 Å². The van der Waals surface area contributed by atoms with E-state index in [2.05, 4.69) is 24.1 Å². The molecule has 0 aliphatic carbocycles. The largest absolute Gasteiger partial charge is 0.355 e. The first kappa shape index (κ1) is 17.9. The van der Waals surface area contributed by atoms with Gasteiger partial charge in [0.2, 0.25) is 5.91 Å². The van der Waals surface area contributed by atoms with Crippen LogP contribution in [0.1, 0.15) is 36.4 Å². The summed E-state index contributed by atoms with van der Waals surface area (Å²) in [6.45, 7) is 8.92. The fraction of sp³-hybridized carbons (Fsp3) is 0.647. The molecule has 5 nitrogen and oxygen atoms in total. The highest BCUT2D eigenvalue weighted by Gasteiger charge is 2.22. The van der Waals surface area contributed by atoms with Crippen molar-refractivity contribution in [1.29, 1.82) is 0 Å². The number of hydrogen-bond donors (Lipinski definition) is 1. The molecule has 23 heavy (non-hydrogen) atoms. The molecule has 0 aromatic carbocycles. The standard InChI is InChI=1S/C17H27N3O2S/c1-3-14(4-2)16(21)18-7-8-19-9-11-20(12-10-19)17(22)15-6-5-13-23-15/h5-6,13-14H,3-4,7-12H2,1-2H3,(H,18,21). The van der Waals surface area contributed by atoms with Crippen LogP contribution in [0.15, 0.2) is 17.5 Å². The number of carbonyl (C=O) groups is 2. The van der Waals surface area contributed by atoms with Crippen LogP contribution < -0.4 is 5.32 Å². The first-order chi connectivity index (χ1) is 11.2. The van der Waals surface area contributed by atoms with Crippen molar-refractivity contribution in [1.82, 2.24) is 15.1 Å². The fourth-order valence-corrected chi connectivity index (χ4v) is 3.56. The maximum absolute atomic E-state index is 12.3. The number of thiophene rings is 1. The smallest absolute Gasteiger partial charge is 0.264 e. The Labute approximate surface area is 142 Å². The average molecular weight is 337 g/mol. The van der Waals surface area contributed by atoms with Crippen LogP contribution >= 0.6 is 11.3 Å². The molecule has 6 heteroatoms. The van der Waals surface area contributed by atoms with Crippen molar-refractivity contribution in [3.63, 3.8) is 0 Å². The van der Waals surface area contributed by atoms with Crippen LogP contribution in [0.5, 0.6) is 0 Å². The Balaban J connectivity index is 1.67. The minimum absolute atomic E-state index is 0.135. The van der Waals surface area contributed by atoms with E-state index in [0.29, 0.717) is 6.54 Å². The summed E-state index contributed by atoms with van der Waals surface area (Å²) < 4.78 is 0. The summed E-state index contributed by atoms with van der Waals surface area (Å²) in [6, 6.07) is 3.80. The Bertz CT molecular complexity index is 492. The summed E-state index contributed by atoms with van der Waals surface area (Å²) in [5, 5.41) is 4.97. The number of hydrogen-bond acceptors (Lipinski definition) is 4. The maximum Gasteiger partial charge on any atom is 0.264 e. The van der Waals surface area contributed by atoms with Gasteiger partial charge in [0.1, 0.15) is 0 Å². The van der Waals surface area contributed by atoms with E-state index in [1.807, 2.05) is 22.4 Å². The molecule has 2 amide bonds. The van der Waals surface area contributed by atoms with Crippen molar-refractivity contribution in [3.05, 3.63) is 22.4 Å². The van der Waals surface area contributed by atoms with E-state index in [9.17, 15) is 9.59 Å². The minimum Gasteiger partial charge on any atom is -0.355 e. The summed E-state index contributed by atoms with van der Waals surface area (Å²) in [5.74, 6) is 0.443. The number of amides is 2. The Hall–Kier alpha value is -1.40. The molecule has 128 valence electrons. The van der Waals surface area contributed by atoms with E-state index in [1.54, 1.807) is 0 Å². The van der Waals surface area contributed by atoms with Gasteiger partial charge in [-0.25, -0.2) is 0 Å². The zero-order valence-corrected chi connectivity index (χ0v) is 14.9. The molecule has 1 aromatic rings. The van der Waals surface area contributed by atoms with Crippen LogP contribution in [0.3, 0.4) is 0 Å². The van der Waals surface area contributed by atoms with Crippen LogP contribution in [-0.2, 0) is 4.79 Å². The lowest BCUT2D eigenvalue weighted by molar-refractivity contribution is -0.125. The van der Waals surface area contributed by atoms with Gasteiger partial charge < -0.3 is 10.2 Å². The third kappa shape index (κ3) is 5.04. The van der Waals surface area contributed by atoms with E-state index in [-0.39, 0.29) is 17.7 Å². The van der Waals surface area contributed by atoms with Crippen LogP contribution in [0.25, 0.3) is 0 Å². The molecule has 1 fully saturated rings. The predicted molar refractivity (Wildman–Crippen MR) is 93.7 cm³/mol. The molecule has 2 rings (SSSR count). The first-order valence-electron chi connectivity index (χ1n) is 8.48. The number of carbonyl (C=O) groups excluding carboxylic acids is 2. The van der Waals surface area contributed by atoms with E-state index in [4.69, 9.17) is 0 Å². The molecule has 1 aliphatic heterocycles. The fourth-order valence-electron chi connectivity index (χ4n) is 2.87. The molecule has 1 aliphatic rings. The number of piperazine rings is 1. The zero-order valence-electron chi connectivity index (χ0n) is 14.1. The minimum atomic E-state index is 0.135. The van der Waals surface area contributed by atoms with Crippen LogP contribution in [0, 0.1) is 5.92 Å². The number of rotatable bonds is 7. The van der Waals surface area contributed by atoms with Crippen molar-refractivity contribution in [2.24, 2.45) is 5.92 Å². The third-order valence-corrected chi connectivity index (χ3v) is 5.33. The molecule has 0 spiro atoms. The first-order valence-corrected chi connectivity index (χ1v) is 9.36. The van der Waals surface area contributed by atoms with Crippen molar-refractivity contribution in [3.8, 4) is 0 Å². The molecule has 0 saturated carbocycles. The Morgan fingerprint density at radius 2 is 1.91 bits per heavy atom. The Kier molecular flexibility index (Phi) is 7.05. The van der Waals surface area contributed by atoms with Gasteiger partial charge in [-0.15, -0.1) is 11.3 Å². The van der Waals surface area contributed by atoms with E-state index in [1.165, 1.54) is 11.3 Å². The molecular formula is C17H27N3O2S. The summed E-state index contributed by atoms with van der Waals surface area (Å²) in [7, 11) is 0. The van der Waals surface area contributed by atoms with Gasteiger partial charge in [-0.05, 0) is 24.3 Å². The third-order valence-electron chi connectivity index (χ3n) is 4.48. The molecule has 2 heterocycles. The lowest BCUT2D eigenvalue weighted by Crippen LogP contribution is -2.50. The molecule has 0 unspecified atom stereocenters. The van der Waals surface area contributed by atoms with Crippen LogP contribution in [0.4, 0.5) is 0 Å². The zero-order chi connectivity index (χ0) is 16.7. The van der Waals surface area contributed by atoms with E-state index >= 15 is 0 Å². The van der Waals surface area contributed by atoms with Gasteiger partial charge in [0, 0.05) is 45.2 Å².